The number of rotatable bonds is 3. The first-order chi connectivity index (χ1) is 9.01. The summed E-state index contributed by atoms with van der Waals surface area (Å²) in [6.45, 7) is 2.66. The van der Waals surface area contributed by atoms with Gasteiger partial charge in [-0.25, -0.2) is 8.42 Å². The van der Waals surface area contributed by atoms with Crippen molar-refractivity contribution in [3.63, 3.8) is 0 Å². The van der Waals surface area contributed by atoms with Crippen molar-refractivity contribution in [2.45, 2.75) is 37.5 Å². The third kappa shape index (κ3) is 3.22. The monoisotopic (exact) mass is 281 g/mol. The van der Waals surface area contributed by atoms with Gasteiger partial charge < -0.3 is 0 Å². The molecule has 1 aliphatic heterocycles. The van der Waals surface area contributed by atoms with Crippen LogP contribution in [0, 0.1) is 0 Å². The van der Waals surface area contributed by atoms with Gasteiger partial charge in [-0.1, -0.05) is 25.0 Å². The van der Waals surface area contributed by atoms with Gasteiger partial charge in [-0.3, -0.25) is 4.79 Å². The van der Waals surface area contributed by atoms with E-state index in [2.05, 4.69) is 0 Å². The minimum absolute atomic E-state index is 0.0567. The molecule has 4 nitrogen and oxygen atoms in total. The first-order valence-corrected chi connectivity index (χ1v) is 8.07. The summed E-state index contributed by atoms with van der Waals surface area (Å²) < 4.78 is 26.5. The van der Waals surface area contributed by atoms with Crippen molar-refractivity contribution < 1.29 is 13.2 Å². The van der Waals surface area contributed by atoms with E-state index >= 15 is 0 Å². The van der Waals surface area contributed by atoms with E-state index in [0.29, 0.717) is 18.7 Å². The van der Waals surface area contributed by atoms with Crippen molar-refractivity contribution >= 4 is 15.8 Å². The molecule has 1 aromatic carbocycles. The van der Waals surface area contributed by atoms with Gasteiger partial charge in [0.05, 0.1) is 4.90 Å². The van der Waals surface area contributed by atoms with Crippen LogP contribution in [0.2, 0.25) is 0 Å². The molecule has 0 aromatic heterocycles. The maximum atomic E-state index is 12.5. The second kappa shape index (κ2) is 5.84. The summed E-state index contributed by atoms with van der Waals surface area (Å²) in [6, 6.07) is 6.20. The van der Waals surface area contributed by atoms with Crippen LogP contribution in [0.1, 0.15) is 43.0 Å². The molecule has 19 heavy (non-hydrogen) atoms. The maximum absolute atomic E-state index is 12.5. The van der Waals surface area contributed by atoms with Crippen molar-refractivity contribution in [1.29, 1.82) is 0 Å². The Labute approximate surface area is 114 Å². The number of Topliss-reactive ketones (excluding diaryl/α,β-unsaturated/α-hetero) is 1. The van der Waals surface area contributed by atoms with Crippen molar-refractivity contribution in [2.24, 2.45) is 0 Å². The fourth-order valence-corrected chi connectivity index (χ4v) is 3.81. The SMILES string of the molecule is CC(=O)c1ccc(S(=O)(=O)N2CCCCCC2)cc1. The molecule has 0 amide bonds. The van der Waals surface area contributed by atoms with Gasteiger partial charge in [0.15, 0.2) is 5.78 Å². The maximum Gasteiger partial charge on any atom is 0.243 e. The predicted molar refractivity (Wildman–Crippen MR) is 73.7 cm³/mol. The molecule has 2 rings (SSSR count). The summed E-state index contributed by atoms with van der Waals surface area (Å²) in [5.41, 5.74) is 0.537. The second-order valence-electron chi connectivity index (χ2n) is 4.90. The lowest BCUT2D eigenvalue weighted by Crippen LogP contribution is -2.31. The van der Waals surface area contributed by atoms with E-state index in [9.17, 15) is 13.2 Å². The van der Waals surface area contributed by atoms with E-state index < -0.39 is 10.0 Å². The van der Waals surface area contributed by atoms with Crippen molar-refractivity contribution in [3.05, 3.63) is 29.8 Å². The van der Waals surface area contributed by atoms with Crippen LogP contribution in [0.15, 0.2) is 29.2 Å². The van der Waals surface area contributed by atoms with E-state index in [1.807, 2.05) is 0 Å². The van der Waals surface area contributed by atoms with Gasteiger partial charge in [0.2, 0.25) is 10.0 Å². The Balaban J connectivity index is 2.25. The van der Waals surface area contributed by atoms with Gasteiger partial charge in [-0.05, 0) is 31.9 Å². The number of carbonyl (C=O) groups is 1. The average Bonchev–Trinajstić information content (AvgIpc) is 2.68. The van der Waals surface area contributed by atoms with E-state index in [1.54, 1.807) is 16.4 Å². The van der Waals surface area contributed by atoms with Crippen LogP contribution in [0.4, 0.5) is 0 Å². The van der Waals surface area contributed by atoms with Gasteiger partial charge in [-0.2, -0.15) is 4.31 Å². The third-order valence-corrected chi connectivity index (χ3v) is 5.38. The van der Waals surface area contributed by atoms with Crippen molar-refractivity contribution in [1.82, 2.24) is 4.31 Å². The van der Waals surface area contributed by atoms with Crippen LogP contribution in [0.5, 0.6) is 0 Å². The van der Waals surface area contributed by atoms with Crippen LogP contribution in [-0.4, -0.2) is 31.6 Å². The number of hydrogen-bond acceptors (Lipinski definition) is 3. The Bertz CT molecular complexity index is 541. The standard InChI is InChI=1S/C14H19NO3S/c1-12(16)13-6-8-14(9-7-13)19(17,18)15-10-4-2-3-5-11-15/h6-9H,2-5,10-11H2,1H3. The predicted octanol–water partition coefficient (Wildman–Crippen LogP) is 2.45. The summed E-state index contributed by atoms with van der Waals surface area (Å²) in [5, 5.41) is 0. The molecule has 1 heterocycles. The zero-order chi connectivity index (χ0) is 13.9. The Morgan fingerprint density at radius 1 is 1.00 bits per heavy atom. The summed E-state index contributed by atoms with van der Waals surface area (Å²) in [6.07, 6.45) is 4.03. The summed E-state index contributed by atoms with van der Waals surface area (Å²) in [7, 11) is -3.41. The number of nitrogens with zero attached hydrogens (tertiary/aromatic N) is 1. The molecule has 0 N–H and O–H groups in total. The molecule has 0 radical (unpaired) electrons. The summed E-state index contributed by atoms with van der Waals surface area (Å²) in [4.78, 5) is 11.5. The molecule has 1 aromatic rings. The first kappa shape index (κ1) is 14.2. The van der Waals surface area contributed by atoms with E-state index in [1.165, 1.54) is 19.1 Å². The molecule has 1 saturated heterocycles. The molecule has 0 bridgehead atoms. The fraction of sp³-hybridized carbons (Fsp3) is 0.500. The second-order valence-corrected chi connectivity index (χ2v) is 6.84. The molecule has 0 saturated carbocycles. The zero-order valence-corrected chi connectivity index (χ0v) is 11.9. The Morgan fingerprint density at radius 3 is 2.00 bits per heavy atom. The third-order valence-electron chi connectivity index (χ3n) is 3.46. The van der Waals surface area contributed by atoms with Gasteiger partial charge in [0, 0.05) is 18.7 Å². The molecule has 0 aliphatic carbocycles. The number of hydrogen-bond donors (Lipinski definition) is 0. The number of benzene rings is 1. The first-order valence-electron chi connectivity index (χ1n) is 6.63. The molecule has 1 aliphatic rings. The van der Waals surface area contributed by atoms with Crippen LogP contribution in [0.3, 0.4) is 0 Å². The molecular formula is C14H19NO3S. The normalized spacial score (nSPS) is 17.9. The smallest absolute Gasteiger partial charge is 0.243 e. The van der Waals surface area contributed by atoms with Crippen LogP contribution in [0.25, 0.3) is 0 Å². The molecule has 1 fully saturated rings. The van der Waals surface area contributed by atoms with Crippen LogP contribution in [-0.2, 0) is 10.0 Å². The topological polar surface area (TPSA) is 54.5 Å². The molecular weight excluding hydrogens is 262 g/mol. The Kier molecular flexibility index (Phi) is 4.37. The van der Waals surface area contributed by atoms with Crippen molar-refractivity contribution in [2.75, 3.05) is 13.1 Å². The lowest BCUT2D eigenvalue weighted by Gasteiger charge is -2.19. The lowest BCUT2D eigenvalue weighted by atomic mass is 10.2. The number of carbonyl (C=O) groups excluding carboxylic acids is 1. The summed E-state index contributed by atoms with van der Waals surface area (Å²) in [5.74, 6) is -0.0567. The van der Waals surface area contributed by atoms with E-state index in [4.69, 9.17) is 0 Å². The van der Waals surface area contributed by atoms with Crippen LogP contribution < -0.4 is 0 Å². The molecule has 0 atom stereocenters. The van der Waals surface area contributed by atoms with Crippen molar-refractivity contribution in [3.8, 4) is 0 Å². The molecule has 0 unspecified atom stereocenters. The zero-order valence-electron chi connectivity index (χ0n) is 11.1. The number of ketones is 1. The molecule has 104 valence electrons. The quantitative estimate of drug-likeness (QED) is 0.800. The largest absolute Gasteiger partial charge is 0.295 e. The highest BCUT2D eigenvalue weighted by molar-refractivity contribution is 7.89. The summed E-state index contributed by atoms with van der Waals surface area (Å²) >= 11 is 0. The minimum Gasteiger partial charge on any atom is -0.295 e. The highest BCUT2D eigenvalue weighted by Crippen LogP contribution is 2.20. The fourth-order valence-electron chi connectivity index (χ4n) is 2.29. The number of sulfonamides is 1. The van der Waals surface area contributed by atoms with Gasteiger partial charge in [-0.15, -0.1) is 0 Å². The Hall–Kier alpha value is -1.20. The average molecular weight is 281 g/mol. The highest BCUT2D eigenvalue weighted by Gasteiger charge is 2.24. The highest BCUT2D eigenvalue weighted by atomic mass is 32.2. The molecule has 5 heteroatoms. The van der Waals surface area contributed by atoms with Gasteiger partial charge in [0.1, 0.15) is 0 Å². The Morgan fingerprint density at radius 2 is 1.53 bits per heavy atom. The lowest BCUT2D eigenvalue weighted by molar-refractivity contribution is 0.101. The minimum atomic E-state index is -3.41. The molecule has 0 spiro atoms. The van der Waals surface area contributed by atoms with E-state index in [-0.39, 0.29) is 10.7 Å². The van der Waals surface area contributed by atoms with Gasteiger partial charge in [0.25, 0.3) is 0 Å². The van der Waals surface area contributed by atoms with E-state index in [0.717, 1.165) is 25.7 Å². The van der Waals surface area contributed by atoms with Gasteiger partial charge >= 0.3 is 0 Å². The van der Waals surface area contributed by atoms with Crippen LogP contribution >= 0.6 is 0 Å².